The van der Waals surface area contributed by atoms with Crippen molar-refractivity contribution in [2.45, 2.75) is 46.1 Å². The minimum atomic E-state index is -0.731. The first kappa shape index (κ1) is 21.8. The van der Waals surface area contributed by atoms with Crippen LogP contribution in [0.25, 0.3) is 0 Å². The molecule has 2 aromatic rings. The van der Waals surface area contributed by atoms with Crippen LogP contribution in [-0.4, -0.2) is 45.1 Å². The third-order valence-electron chi connectivity index (χ3n) is 5.10. The SMILES string of the molecule is CCCCn1c(N)c(N(CC)C(=O)c2nc(N3CCCC3)ncc2Cl)c(=O)[nH]c1=O. The lowest BCUT2D eigenvalue weighted by Gasteiger charge is -2.23. The Balaban J connectivity index is 2.04. The van der Waals surface area contributed by atoms with Gasteiger partial charge in [0.25, 0.3) is 11.5 Å². The maximum Gasteiger partial charge on any atom is 0.330 e. The molecule has 3 heterocycles. The minimum absolute atomic E-state index is 0.0134. The molecule has 0 radical (unpaired) electrons. The Bertz CT molecular complexity index is 1040. The summed E-state index contributed by atoms with van der Waals surface area (Å²) in [6, 6.07) is 0. The van der Waals surface area contributed by atoms with Gasteiger partial charge in [0.15, 0.2) is 11.4 Å². The number of halogens is 1. The number of aromatic nitrogens is 4. The standard InChI is InChI=1S/C19H26ClN7O3/c1-3-5-10-27-15(21)14(16(28)24-19(27)30)26(4-2)17(29)13-12(20)11-22-18(23-13)25-8-6-7-9-25/h11H,3-10,21H2,1-2H3,(H,24,28,30). The molecule has 0 bridgehead atoms. The van der Waals surface area contributed by atoms with Crippen molar-refractivity contribution in [3.63, 3.8) is 0 Å². The van der Waals surface area contributed by atoms with E-state index < -0.39 is 17.2 Å². The van der Waals surface area contributed by atoms with Gasteiger partial charge in [0, 0.05) is 26.2 Å². The zero-order chi connectivity index (χ0) is 21.8. The van der Waals surface area contributed by atoms with Gasteiger partial charge < -0.3 is 10.6 Å². The van der Waals surface area contributed by atoms with Crippen LogP contribution < -0.4 is 26.8 Å². The highest BCUT2D eigenvalue weighted by Crippen LogP contribution is 2.24. The number of hydrogen-bond donors (Lipinski definition) is 2. The highest BCUT2D eigenvalue weighted by atomic mass is 35.5. The molecule has 1 amide bonds. The summed E-state index contributed by atoms with van der Waals surface area (Å²) in [6.07, 6.45) is 4.99. The topological polar surface area (TPSA) is 130 Å². The van der Waals surface area contributed by atoms with Gasteiger partial charge in [0.2, 0.25) is 5.95 Å². The van der Waals surface area contributed by atoms with Crippen molar-refractivity contribution in [2.75, 3.05) is 35.2 Å². The van der Waals surface area contributed by atoms with Crippen LogP contribution in [0, 0.1) is 0 Å². The molecule has 162 valence electrons. The molecule has 1 aliphatic heterocycles. The second kappa shape index (κ2) is 9.29. The van der Waals surface area contributed by atoms with E-state index in [9.17, 15) is 14.4 Å². The molecule has 0 atom stereocenters. The lowest BCUT2D eigenvalue weighted by molar-refractivity contribution is 0.0983. The molecular weight excluding hydrogens is 410 g/mol. The molecule has 30 heavy (non-hydrogen) atoms. The first-order valence-corrected chi connectivity index (χ1v) is 10.5. The number of nitrogens with one attached hydrogen (secondary N) is 1. The number of nitrogens with two attached hydrogens (primary N) is 1. The molecule has 0 unspecified atom stereocenters. The average Bonchev–Trinajstić information content (AvgIpc) is 3.25. The van der Waals surface area contributed by atoms with Crippen LogP contribution in [0.4, 0.5) is 17.5 Å². The van der Waals surface area contributed by atoms with Crippen molar-refractivity contribution in [1.82, 2.24) is 19.5 Å². The predicted molar refractivity (Wildman–Crippen MR) is 116 cm³/mol. The summed E-state index contributed by atoms with van der Waals surface area (Å²) in [5.41, 5.74) is 4.73. The minimum Gasteiger partial charge on any atom is -0.383 e. The van der Waals surface area contributed by atoms with E-state index in [4.69, 9.17) is 17.3 Å². The third kappa shape index (κ3) is 4.18. The average molecular weight is 436 g/mol. The van der Waals surface area contributed by atoms with Crippen LogP contribution in [0.1, 0.15) is 50.0 Å². The van der Waals surface area contributed by atoms with Crippen molar-refractivity contribution in [1.29, 1.82) is 0 Å². The molecule has 10 nitrogen and oxygen atoms in total. The Kier molecular flexibility index (Phi) is 6.76. The highest BCUT2D eigenvalue weighted by Gasteiger charge is 2.28. The van der Waals surface area contributed by atoms with Gasteiger partial charge in [0.1, 0.15) is 5.82 Å². The van der Waals surface area contributed by atoms with Gasteiger partial charge in [0.05, 0.1) is 11.2 Å². The van der Waals surface area contributed by atoms with Gasteiger partial charge >= 0.3 is 5.69 Å². The van der Waals surface area contributed by atoms with Gasteiger partial charge in [-0.3, -0.25) is 24.0 Å². The molecule has 2 aromatic heterocycles. The second-order valence-electron chi connectivity index (χ2n) is 7.11. The number of carbonyl (C=O) groups excluding carboxylic acids is 1. The third-order valence-corrected chi connectivity index (χ3v) is 5.38. The maximum absolute atomic E-state index is 13.3. The van der Waals surface area contributed by atoms with Crippen LogP contribution in [0.5, 0.6) is 0 Å². The van der Waals surface area contributed by atoms with Crippen molar-refractivity contribution in [3.8, 4) is 0 Å². The second-order valence-corrected chi connectivity index (χ2v) is 7.52. The maximum atomic E-state index is 13.3. The zero-order valence-electron chi connectivity index (χ0n) is 17.2. The number of hydrogen-bond acceptors (Lipinski definition) is 7. The molecule has 11 heteroatoms. The Morgan fingerprint density at radius 1 is 1.30 bits per heavy atom. The lowest BCUT2D eigenvalue weighted by Crippen LogP contribution is -2.41. The fraction of sp³-hybridized carbons (Fsp3) is 0.526. The summed E-state index contributed by atoms with van der Waals surface area (Å²) >= 11 is 6.23. The van der Waals surface area contributed by atoms with E-state index in [0.717, 1.165) is 32.4 Å². The largest absolute Gasteiger partial charge is 0.383 e. The Morgan fingerprint density at radius 3 is 2.63 bits per heavy atom. The number of anilines is 3. The highest BCUT2D eigenvalue weighted by molar-refractivity contribution is 6.34. The first-order valence-electron chi connectivity index (χ1n) is 10.1. The number of aromatic amines is 1. The summed E-state index contributed by atoms with van der Waals surface area (Å²) in [5.74, 6) is -0.216. The Labute approximate surface area is 178 Å². The van der Waals surface area contributed by atoms with Crippen LogP contribution in [-0.2, 0) is 6.54 Å². The molecule has 3 rings (SSSR count). The number of nitrogens with zero attached hydrogens (tertiary/aromatic N) is 5. The summed E-state index contributed by atoms with van der Waals surface area (Å²) in [7, 11) is 0. The van der Waals surface area contributed by atoms with Gasteiger partial charge in [-0.2, -0.15) is 0 Å². The summed E-state index contributed by atoms with van der Waals surface area (Å²) in [4.78, 5) is 52.1. The fourth-order valence-electron chi connectivity index (χ4n) is 3.48. The van der Waals surface area contributed by atoms with Crippen LogP contribution >= 0.6 is 11.6 Å². The molecule has 0 aromatic carbocycles. The quantitative estimate of drug-likeness (QED) is 0.675. The van der Waals surface area contributed by atoms with E-state index in [1.165, 1.54) is 15.7 Å². The van der Waals surface area contributed by atoms with Crippen LogP contribution in [0.2, 0.25) is 5.02 Å². The number of nitrogen functional groups attached to an aromatic ring is 1. The Morgan fingerprint density at radius 2 is 2.00 bits per heavy atom. The molecule has 1 aliphatic rings. The van der Waals surface area contributed by atoms with E-state index >= 15 is 0 Å². The van der Waals surface area contributed by atoms with Gasteiger partial charge in [-0.25, -0.2) is 14.8 Å². The predicted octanol–water partition coefficient (Wildman–Crippen LogP) is 1.63. The monoisotopic (exact) mass is 435 g/mol. The number of unbranched alkanes of at least 4 members (excludes halogenated alkanes) is 1. The van der Waals surface area contributed by atoms with E-state index in [0.29, 0.717) is 18.9 Å². The number of carbonyl (C=O) groups is 1. The number of rotatable bonds is 7. The molecule has 0 saturated carbocycles. The van der Waals surface area contributed by atoms with Crippen molar-refractivity contribution in [2.24, 2.45) is 0 Å². The van der Waals surface area contributed by atoms with Gasteiger partial charge in [-0.05, 0) is 26.2 Å². The van der Waals surface area contributed by atoms with E-state index in [1.807, 2.05) is 11.8 Å². The normalized spacial score (nSPS) is 13.6. The van der Waals surface area contributed by atoms with E-state index in [1.54, 1.807) is 6.92 Å². The fourth-order valence-corrected chi connectivity index (χ4v) is 3.66. The van der Waals surface area contributed by atoms with E-state index in [-0.39, 0.29) is 28.8 Å². The van der Waals surface area contributed by atoms with Gasteiger partial charge in [-0.15, -0.1) is 0 Å². The molecule has 1 saturated heterocycles. The molecule has 3 N–H and O–H groups in total. The van der Waals surface area contributed by atoms with Crippen molar-refractivity contribution < 1.29 is 4.79 Å². The van der Waals surface area contributed by atoms with Crippen molar-refractivity contribution in [3.05, 3.63) is 37.8 Å². The summed E-state index contributed by atoms with van der Waals surface area (Å²) in [6.45, 7) is 5.77. The number of H-pyrrole nitrogens is 1. The first-order chi connectivity index (χ1) is 14.4. The van der Waals surface area contributed by atoms with Crippen molar-refractivity contribution >= 4 is 35.0 Å². The number of amides is 1. The summed E-state index contributed by atoms with van der Waals surface area (Å²) < 4.78 is 1.27. The smallest absolute Gasteiger partial charge is 0.330 e. The molecule has 0 spiro atoms. The summed E-state index contributed by atoms with van der Waals surface area (Å²) in [5, 5.41) is 0.0794. The lowest BCUT2D eigenvalue weighted by atomic mass is 10.3. The molecular formula is C19H26ClN7O3. The zero-order valence-corrected chi connectivity index (χ0v) is 17.9. The van der Waals surface area contributed by atoms with Crippen LogP contribution in [0.15, 0.2) is 15.8 Å². The molecule has 0 aliphatic carbocycles. The van der Waals surface area contributed by atoms with Gasteiger partial charge in [-0.1, -0.05) is 24.9 Å². The van der Waals surface area contributed by atoms with Crippen LogP contribution in [0.3, 0.4) is 0 Å². The van der Waals surface area contributed by atoms with E-state index in [2.05, 4.69) is 15.0 Å². The molecule has 1 fully saturated rings. The Hall–Kier alpha value is -2.88.